The van der Waals surface area contributed by atoms with Gasteiger partial charge in [0.1, 0.15) is 0 Å². The summed E-state index contributed by atoms with van der Waals surface area (Å²) in [4.78, 5) is 27.1. The molecule has 0 atom stereocenters. The van der Waals surface area contributed by atoms with Crippen LogP contribution >= 0.6 is 0 Å². The van der Waals surface area contributed by atoms with Crippen molar-refractivity contribution in [3.05, 3.63) is 35.5 Å². The molecule has 0 aliphatic rings. The SMILES string of the molecule is CCN(CC)CCCNC(=O)C(=O)c1c(C)n(C)c2ccccc12. The molecule has 0 aliphatic heterocycles. The molecule has 0 spiro atoms. The van der Waals surface area contributed by atoms with E-state index in [1.807, 2.05) is 42.8 Å². The first-order valence-corrected chi connectivity index (χ1v) is 8.60. The van der Waals surface area contributed by atoms with Crippen molar-refractivity contribution in [1.29, 1.82) is 0 Å². The number of nitrogens with zero attached hydrogens (tertiary/aromatic N) is 2. The Morgan fingerprint density at radius 2 is 1.83 bits per heavy atom. The minimum absolute atomic E-state index is 0.452. The van der Waals surface area contributed by atoms with E-state index in [4.69, 9.17) is 0 Å². The number of aryl methyl sites for hydroxylation is 1. The Labute approximate surface area is 143 Å². The summed E-state index contributed by atoms with van der Waals surface area (Å²) in [5.74, 6) is -0.971. The molecule has 0 fully saturated rings. The van der Waals surface area contributed by atoms with Crippen molar-refractivity contribution in [2.75, 3.05) is 26.2 Å². The number of benzene rings is 1. The van der Waals surface area contributed by atoms with Crippen molar-refractivity contribution in [2.45, 2.75) is 27.2 Å². The lowest BCUT2D eigenvalue weighted by molar-refractivity contribution is -0.117. The molecule has 1 amide bonds. The van der Waals surface area contributed by atoms with Crippen LogP contribution in [0.3, 0.4) is 0 Å². The number of nitrogens with one attached hydrogen (secondary N) is 1. The summed E-state index contributed by atoms with van der Waals surface area (Å²) < 4.78 is 1.95. The van der Waals surface area contributed by atoms with E-state index in [1.54, 1.807) is 0 Å². The summed E-state index contributed by atoms with van der Waals surface area (Å²) in [6, 6.07) is 7.67. The van der Waals surface area contributed by atoms with Crippen LogP contribution in [0.15, 0.2) is 24.3 Å². The Hall–Kier alpha value is -2.14. The van der Waals surface area contributed by atoms with Crippen molar-refractivity contribution in [3.8, 4) is 0 Å². The summed E-state index contributed by atoms with van der Waals surface area (Å²) in [6.07, 6.45) is 0.842. The molecular weight excluding hydrogens is 302 g/mol. The molecule has 5 heteroatoms. The quantitative estimate of drug-likeness (QED) is 0.460. The van der Waals surface area contributed by atoms with Gasteiger partial charge < -0.3 is 14.8 Å². The molecule has 0 radical (unpaired) electrons. The Balaban J connectivity index is 2.04. The molecule has 1 N–H and O–H groups in total. The predicted octanol–water partition coefficient (Wildman–Crippen LogP) is 2.52. The van der Waals surface area contributed by atoms with Gasteiger partial charge in [0, 0.05) is 30.2 Å². The third-order valence-corrected chi connectivity index (χ3v) is 4.66. The van der Waals surface area contributed by atoms with Crippen LogP contribution in [0.4, 0.5) is 0 Å². The van der Waals surface area contributed by atoms with Crippen LogP contribution in [-0.2, 0) is 11.8 Å². The summed E-state index contributed by atoms with van der Waals surface area (Å²) in [5.41, 5.74) is 2.29. The molecule has 130 valence electrons. The van der Waals surface area contributed by atoms with Gasteiger partial charge >= 0.3 is 0 Å². The lowest BCUT2D eigenvalue weighted by Gasteiger charge is -2.17. The number of carbonyl (C=O) groups excluding carboxylic acids is 2. The highest BCUT2D eigenvalue weighted by Crippen LogP contribution is 2.25. The monoisotopic (exact) mass is 329 g/mol. The number of hydrogen-bond donors (Lipinski definition) is 1. The van der Waals surface area contributed by atoms with Crippen molar-refractivity contribution in [3.63, 3.8) is 0 Å². The maximum absolute atomic E-state index is 12.6. The maximum Gasteiger partial charge on any atom is 0.292 e. The number of fused-ring (bicyclic) bond motifs is 1. The molecule has 1 aromatic carbocycles. The number of Topliss-reactive ketones (excluding diaryl/α,β-unsaturated/α-hetero) is 1. The van der Waals surface area contributed by atoms with Gasteiger partial charge in [0.25, 0.3) is 11.7 Å². The molecule has 24 heavy (non-hydrogen) atoms. The summed E-state index contributed by atoms with van der Waals surface area (Å²) >= 11 is 0. The zero-order valence-electron chi connectivity index (χ0n) is 15.1. The van der Waals surface area contributed by atoms with Gasteiger partial charge in [-0.15, -0.1) is 0 Å². The van der Waals surface area contributed by atoms with Crippen molar-refractivity contribution in [1.82, 2.24) is 14.8 Å². The molecule has 1 aromatic heterocycles. The second kappa shape index (κ2) is 8.11. The van der Waals surface area contributed by atoms with Gasteiger partial charge in [0.2, 0.25) is 0 Å². The third kappa shape index (κ3) is 3.67. The lowest BCUT2D eigenvalue weighted by Crippen LogP contribution is -2.34. The normalized spacial score (nSPS) is 11.2. The van der Waals surface area contributed by atoms with E-state index < -0.39 is 11.7 Å². The van der Waals surface area contributed by atoms with Crippen LogP contribution < -0.4 is 5.32 Å². The van der Waals surface area contributed by atoms with Crippen LogP contribution in [0.2, 0.25) is 0 Å². The molecule has 0 bridgehead atoms. The summed E-state index contributed by atoms with van der Waals surface area (Å²) in [7, 11) is 1.91. The smallest absolute Gasteiger partial charge is 0.292 e. The Kier molecular flexibility index (Phi) is 6.15. The molecule has 1 heterocycles. The average molecular weight is 329 g/mol. The van der Waals surface area contributed by atoms with Crippen LogP contribution in [0.1, 0.15) is 36.3 Å². The number of aromatic nitrogens is 1. The first-order chi connectivity index (χ1) is 11.5. The van der Waals surface area contributed by atoms with E-state index in [9.17, 15) is 9.59 Å². The second-order valence-electron chi connectivity index (χ2n) is 6.00. The van der Waals surface area contributed by atoms with Crippen LogP contribution in [0, 0.1) is 6.92 Å². The molecule has 2 rings (SSSR count). The zero-order valence-corrected chi connectivity index (χ0v) is 15.1. The highest BCUT2D eigenvalue weighted by molar-refractivity contribution is 6.45. The van der Waals surface area contributed by atoms with Crippen molar-refractivity contribution in [2.24, 2.45) is 7.05 Å². The number of amides is 1. The molecule has 0 unspecified atom stereocenters. The number of ketones is 1. The van der Waals surface area contributed by atoms with Crippen molar-refractivity contribution < 1.29 is 9.59 Å². The van der Waals surface area contributed by atoms with Crippen LogP contribution in [0.25, 0.3) is 10.9 Å². The van der Waals surface area contributed by atoms with E-state index in [-0.39, 0.29) is 0 Å². The number of hydrogen-bond acceptors (Lipinski definition) is 3. The molecule has 0 saturated heterocycles. The number of para-hydroxylation sites is 1. The van der Waals surface area contributed by atoms with Gasteiger partial charge in [-0.2, -0.15) is 0 Å². The third-order valence-electron chi connectivity index (χ3n) is 4.66. The first kappa shape index (κ1) is 18.2. The van der Waals surface area contributed by atoms with E-state index in [0.29, 0.717) is 12.1 Å². The predicted molar refractivity (Wildman–Crippen MR) is 97.4 cm³/mol. The van der Waals surface area contributed by atoms with Gasteiger partial charge in [-0.1, -0.05) is 32.0 Å². The Morgan fingerprint density at radius 3 is 2.50 bits per heavy atom. The molecule has 2 aromatic rings. The Morgan fingerprint density at radius 1 is 1.17 bits per heavy atom. The highest BCUT2D eigenvalue weighted by Gasteiger charge is 2.23. The van der Waals surface area contributed by atoms with Crippen LogP contribution in [0.5, 0.6) is 0 Å². The number of carbonyl (C=O) groups is 2. The average Bonchev–Trinajstić information content (AvgIpc) is 2.85. The second-order valence-corrected chi connectivity index (χ2v) is 6.00. The minimum atomic E-state index is -0.519. The fourth-order valence-corrected chi connectivity index (χ4v) is 3.05. The van der Waals surface area contributed by atoms with Gasteiger partial charge in [-0.3, -0.25) is 9.59 Å². The molecule has 0 aliphatic carbocycles. The van der Waals surface area contributed by atoms with Crippen LogP contribution in [-0.4, -0.2) is 47.3 Å². The van der Waals surface area contributed by atoms with Gasteiger partial charge in [-0.25, -0.2) is 0 Å². The van der Waals surface area contributed by atoms with E-state index >= 15 is 0 Å². The Bertz CT molecular complexity index is 730. The zero-order chi connectivity index (χ0) is 17.7. The lowest BCUT2D eigenvalue weighted by atomic mass is 10.1. The van der Waals surface area contributed by atoms with E-state index in [2.05, 4.69) is 24.1 Å². The summed E-state index contributed by atoms with van der Waals surface area (Å²) in [5, 5.41) is 3.60. The van der Waals surface area contributed by atoms with Gasteiger partial charge in [-0.05, 0) is 39.0 Å². The van der Waals surface area contributed by atoms with Gasteiger partial charge in [0.05, 0.1) is 5.56 Å². The van der Waals surface area contributed by atoms with E-state index in [1.165, 1.54) is 0 Å². The summed E-state index contributed by atoms with van der Waals surface area (Å²) in [6.45, 7) is 9.56. The largest absolute Gasteiger partial charge is 0.349 e. The standard InChI is InChI=1S/C19H27N3O2/c1-5-22(6-2)13-9-12-20-19(24)18(23)17-14(3)21(4)16-11-8-7-10-15(16)17/h7-8,10-11H,5-6,9,12-13H2,1-4H3,(H,20,24). The first-order valence-electron chi connectivity index (χ1n) is 8.60. The molecular formula is C19H27N3O2. The molecule has 5 nitrogen and oxygen atoms in total. The van der Waals surface area contributed by atoms with E-state index in [0.717, 1.165) is 42.7 Å². The number of rotatable bonds is 8. The van der Waals surface area contributed by atoms with Crippen molar-refractivity contribution >= 4 is 22.6 Å². The fourth-order valence-electron chi connectivity index (χ4n) is 3.05. The fraction of sp³-hybridized carbons (Fsp3) is 0.474. The molecule has 0 saturated carbocycles. The topological polar surface area (TPSA) is 54.3 Å². The minimum Gasteiger partial charge on any atom is -0.349 e. The van der Waals surface area contributed by atoms with Gasteiger partial charge in [0.15, 0.2) is 0 Å². The maximum atomic E-state index is 12.6. The highest BCUT2D eigenvalue weighted by atomic mass is 16.2.